The molecule has 1 aliphatic carbocycles. The normalized spacial score (nSPS) is 30.4. The van der Waals surface area contributed by atoms with Gasteiger partial charge in [0.2, 0.25) is 0 Å². The zero-order chi connectivity index (χ0) is 7.56. The van der Waals surface area contributed by atoms with Crippen LogP contribution in [0.4, 0.5) is 0 Å². The van der Waals surface area contributed by atoms with Gasteiger partial charge in [0.25, 0.3) is 0 Å². The van der Waals surface area contributed by atoms with Crippen molar-refractivity contribution in [2.45, 2.75) is 33.1 Å². The van der Waals surface area contributed by atoms with Gasteiger partial charge in [0.05, 0.1) is 0 Å². The number of allylic oxidation sites excluding steroid dienone is 2. The molecule has 1 rings (SSSR count). The first kappa shape index (κ1) is 7.52. The summed E-state index contributed by atoms with van der Waals surface area (Å²) in [4.78, 5) is 10.3. The highest BCUT2D eigenvalue weighted by molar-refractivity contribution is 5.73. The van der Waals surface area contributed by atoms with Crippen molar-refractivity contribution in [3.8, 4) is 0 Å². The monoisotopic (exact) mass is 138 g/mol. The van der Waals surface area contributed by atoms with Gasteiger partial charge in [0.1, 0.15) is 6.29 Å². The number of hydrogen-bond acceptors (Lipinski definition) is 1. The molecule has 0 heterocycles. The van der Waals surface area contributed by atoms with Crippen LogP contribution in [0.1, 0.15) is 33.1 Å². The number of aldehydes is 1. The molecule has 0 aliphatic heterocycles. The lowest BCUT2D eigenvalue weighted by atomic mass is 10.1. The summed E-state index contributed by atoms with van der Waals surface area (Å²) in [6.07, 6.45) is 4.53. The first-order chi connectivity index (χ1) is 4.74. The molecule has 0 saturated heterocycles. The maximum Gasteiger partial charge on any atom is 0.145 e. The van der Waals surface area contributed by atoms with Gasteiger partial charge in [0.15, 0.2) is 0 Å². The van der Waals surface area contributed by atoms with Crippen LogP contribution < -0.4 is 0 Å². The van der Waals surface area contributed by atoms with Gasteiger partial charge in [-0.25, -0.2) is 0 Å². The van der Waals surface area contributed by atoms with Gasteiger partial charge in [-0.05, 0) is 37.7 Å². The van der Waals surface area contributed by atoms with Crippen molar-refractivity contribution < 1.29 is 4.79 Å². The second kappa shape index (κ2) is 3.00. The third-order valence-corrected chi connectivity index (χ3v) is 2.27. The Bertz CT molecular complexity index is 168. The van der Waals surface area contributed by atoms with Gasteiger partial charge in [-0.2, -0.15) is 0 Å². The van der Waals surface area contributed by atoms with Crippen LogP contribution in [0.25, 0.3) is 0 Å². The average Bonchev–Trinajstić information content (AvgIpc) is 2.34. The first-order valence-electron chi connectivity index (χ1n) is 3.88. The van der Waals surface area contributed by atoms with Gasteiger partial charge in [-0.15, -0.1) is 0 Å². The van der Waals surface area contributed by atoms with Gasteiger partial charge in [-0.1, -0.05) is 12.5 Å². The zero-order valence-corrected chi connectivity index (χ0v) is 6.68. The largest absolute Gasteiger partial charge is 0.298 e. The van der Waals surface area contributed by atoms with Crippen LogP contribution in [-0.4, -0.2) is 6.29 Å². The molecule has 0 N–H and O–H groups in total. The molecular weight excluding hydrogens is 124 g/mol. The van der Waals surface area contributed by atoms with Crippen LogP contribution in [0.2, 0.25) is 0 Å². The molecule has 1 aliphatic rings. The molecule has 1 atom stereocenters. The van der Waals surface area contributed by atoms with E-state index >= 15 is 0 Å². The lowest BCUT2D eigenvalue weighted by Gasteiger charge is -1.97. The minimum absolute atomic E-state index is 0.796. The summed E-state index contributed by atoms with van der Waals surface area (Å²) in [6, 6.07) is 0. The maximum absolute atomic E-state index is 10.3. The Balaban J connectivity index is 2.66. The fourth-order valence-electron chi connectivity index (χ4n) is 1.49. The fourth-order valence-corrected chi connectivity index (χ4v) is 1.49. The lowest BCUT2D eigenvalue weighted by molar-refractivity contribution is -0.104. The summed E-state index contributed by atoms with van der Waals surface area (Å²) in [5.41, 5.74) is 2.34. The SMILES string of the molecule is CC(C=O)=C1CCC(C)C1. The number of hydrogen-bond donors (Lipinski definition) is 0. The number of carbonyl (C=O) groups is 1. The highest BCUT2D eigenvalue weighted by atomic mass is 16.1. The van der Waals surface area contributed by atoms with Crippen LogP contribution in [0, 0.1) is 5.92 Å². The summed E-state index contributed by atoms with van der Waals surface area (Å²) in [5.74, 6) is 0.796. The Morgan fingerprint density at radius 1 is 1.70 bits per heavy atom. The molecule has 56 valence electrons. The minimum Gasteiger partial charge on any atom is -0.298 e. The molecule has 1 saturated carbocycles. The van der Waals surface area contributed by atoms with Crippen LogP contribution in [0.5, 0.6) is 0 Å². The van der Waals surface area contributed by atoms with Crippen LogP contribution in [-0.2, 0) is 4.79 Å². The van der Waals surface area contributed by atoms with Crippen molar-refractivity contribution in [3.05, 3.63) is 11.1 Å². The number of carbonyl (C=O) groups excluding carboxylic acids is 1. The van der Waals surface area contributed by atoms with E-state index in [1.807, 2.05) is 6.92 Å². The molecule has 0 aromatic heterocycles. The van der Waals surface area contributed by atoms with E-state index in [1.54, 1.807) is 0 Å². The molecule has 1 fully saturated rings. The Hall–Kier alpha value is -0.590. The topological polar surface area (TPSA) is 17.1 Å². The quantitative estimate of drug-likeness (QED) is 0.401. The summed E-state index contributed by atoms with van der Waals surface area (Å²) >= 11 is 0. The van der Waals surface area contributed by atoms with Crippen molar-refractivity contribution in [1.29, 1.82) is 0 Å². The van der Waals surface area contributed by atoms with E-state index in [9.17, 15) is 4.79 Å². The number of rotatable bonds is 1. The average molecular weight is 138 g/mol. The van der Waals surface area contributed by atoms with Crippen molar-refractivity contribution in [1.82, 2.24) is 0 Å². The molecule has 0 bridgehead atoms. The third-order valence-electron chi connectivity index (χ3n) is 2.27. The molecule has 1 heteroatoms. The first-order valence-corrected chi connectivity index (χ1v) is 3.88. The minimum atomic E-state index is 0.796. The van der Waals surface area contributed by atoms with E-state index < -0.39 is 0 Å². The predicted octanol–water partition coefficient (Wildman–Crippen LogP) is 2.32. The Morgan fingerprint density at radius 3 is 2.80 bits per heavy atom. The van der Waals surface area contributed by atoms with Crippen molar-refractivity contribution in [2.24, 2.45) is 5.92 Å². The molecule has 0 aromatic rings. The van der Waals surface area contributed by atoms with E-state index in [2.05, 4.69) is 6.92 Å². The molecule has 0 spiro atoms. The molecule has 1 nitrogen and oxygen atoms in total. The summed E-state index contributed by atoms with van der Waals surface area (Å²) in [6.45, 7) is 4.16. The molecular formula is C9H14O. The summed E-state index contributed by atoms with van der Waals surface area (Å²) in [7, 11) is 0. The second-order valence-electron chi connectivity index (χ2n) is 3.25. The maximum atomic E-state index is 10.3. The lowest BCUT2D eigenvalue weighted by Crippen LogP contribution is -1.85. The zero-order valence-electron chi connectivity index (χ0n) is 6.68. The fraction of sp³-hybridized carbons (Fsp3) is 0.667. The Morgan fingerprint density at radius 2 is 2.40 bits per heavy atom. The molecule has 0 aromatic carbocycles. The molecule has 0 radical (unpaired) electrons. The summed E-state index contributed by atoms with van der Waals surface area (Å²) < 4.78 is 0. The van der Waals surface area contributed by atoms with Crippen LogP contribution >= 0.6 is 0 Å². The van der Waals surface area contributed by atoms with Gasteiger partial charge >= 0.3 is 0 Å². The van der Waals surface area contributed by atoms with Gasteiger partial charge in [-0.3, -0.25) is 4.79 Å². The van der Waals surface area contributed by atoms with E-state index in [-0.39, 0.29) is 0 Å². The summed E-state index contributed by atoms with van der Waals surface area (Å²) in [5, 5.41) is 0. The third kappa shape index (κ3) is 1.47. The second-order valence-corrected chi connectivity index (χ2v) is 3.25. The molecule has 10 heavy (non-hydrogen) atoms. The van der Waals surface area contributed by atoms with Gasteiger partial charge in [0, 0.05) is 0 Å². The van der Waals surface area contributed by atoms with Crippen LogP contribution in [0.15, 0.2) is 11.1 Å². The Labute approximate surface area is 62.1 Å². The smallest absolute Gasteiger partial charge is 0.145 e. The van der Waals surface area contributed by atoms with E-state index in [0.29, 0.717) is 0 Å². The van der Waals surface area contributed by atoms with Crippen molar-refractivity contribution in [3.63, 3.8) is 0 Å². The predicted molar refractivity (Wildman–Crippen MR) is 41.8 cm³/mol. The van der Waals surface area contributed by atoms with Gasteiger partial charge < -0.3 is 0 Å². The highest BCUT2D eigenvalue weighted by Gasteiger charge is 2.16. The molecule has 1 unspecified atom stereocenters. The van der Waals surface area contributed by atoms with E-state index in [1.165, 1.54) is 12.0 Å². The van der Waals surface area contributed by atoms with E-state index in [0.717, 1.165) is 30.6 Å². The van der Waals surface area contributed by atoms with Crippen molar-refractivity contribution >= 4 is 6.29 Å². The molecule has 0 amide bonds. The highest BCUT2D eigenvalue weighted by Crippen LogP contribution is 2.31. The Kier molecular flexibility index (Phi) is 2.25. The van der Waals surface area contributed by atoms with Crippen molar-refractivity contribution in [2.75, 3.05) is 0 Å². The standard InChI is InChI=1S/C9H14O/c1-7-3-4-9(5-7)8(2)6-10/h6-7H,3-5H2,1-2H3. The van der Waals surface area contributed by atoms with Crippen LogP contribution in [0.3, 0.4) is 0 Å². The van der Waals surface area contributed by atoms with E-state index in [4.69, 9.17) is 0 Å².